The number of amides is 1. The van der Waals surface area contributed by atoms with Crippen LogP contribution in [0.1, 0.15) is 16.2 Å². The lowest BCUT2D eigenvalue weighted by atomic mass is 10.2. The van der Waals surface area contributed by atoms with Crippen LogP contribution in [0, 0.1) is 6.92 Å². The van der Waals surface area contributed by atoms with Crippen LogP contribution in [0.3, 0.4) is 0 Å². The highest BCUT2D eigenvalue weighted by atomic mass is 35.5. The molecule has 0 saturated carbocycles. The standard InChI is InChI=1S/C13H15ClN4O3/c1-8-12(13(19)17(2)21-4)15-16-18(8)10-7-9(14)5-6-11(10)20-3/h5-7H,1-4H3. The quantitative estimate of drug-likeness (QED) is 0.806. The molecule has 8 heteroatoms. The van der Waals surface area contributed by atoms with Crippen molar-refractivity contribution in [2.24, 2.45) is 0 Å². The first kappa shape index (κ1) is 15.3. The van der Waals surface area contributed by atoms with Gasteiger partial charge in [-0.1, -0.05) is 16.8 Å². The number of ether oxygens (including phenoxy) is 1. The Morgan fingerprint density at radius 3 is 2.71 bits per heavy atom. The Labute approximate surface area is 127 Å². The summed E-state index contributed by atoms with van der Waals surface area (Å²) in [5.41, 5.74) is 1.36. The number of aromatic nitrogens is 3. The van der Waals surface area contributed by atoms with Gasteiger partial charge in [0.15, 0.2) is 5.69 Å². The minimum Gasteiger partial charge on any atom is -0.494 e. The molecule has 2 rings (SSSR count). The molecule has 1 amide bonds. The highest BCUT2D eigenvalue weighted by molar-refractivity contribution is 6.30. The van der Waals surface area contributed by atoms with Gasteiger partial charge in [0, 0.05) is 12.1 Å². The third-order valence-electron chi connectivity index (χ3n) is 3.03. The molecule has 112 valence electrons. The number of hydrogen-bond acceptors (Lipinski definition) is 5. The summed E-state index contributed by atoms with van der Waals surface area (Å²) in [6, 6.07) is 5.12. The number of halogens is 1. The van der Waals surface area contributed by atoms with E-state index in [1.165, 1.54) is 18.8 Å². The predicted octanol–water partition coefficient (Wildman–Crippen LogP) is 1.87. The first-order valence-electron chi connectivity index (χ1n) is 6.08. The predicted molar refractivity (Wildman–Crippen MR) is 76.8 cm³/mol. The number of carbonyl (C=O) groups excluding carboxylic acids is 1. The minimum atomic E-state index is -0.387. The molecular weight excluding hydrogens is 296 g/mol. The molecule has 0 aliphatic heterocycles. The van der Waals surface area contributed by atoms with Crippen LogP contribution in [0.4, 0.5) is 0 Å². The molecule has 1 aromatic carbocycles. The number of methoxy groups -OCH3 is 1. The molecule has 0 unspecified atom stereocenters. The summed E-state index contributed by atoms with van der Waals surface area (Å²) in [6.45, 7) is 1.73. The first-order valence-corrected chi connectivity index (χ1v) is 6.45. The Balaban J connectivity index is 2.50. The molecule has 0 aliphatic rings. The fraction of sp³-hybridized carbons (Fsp3) is 0.308. The maximum Gasteiger partial charge on any atom is 0.299 e. The number of hydrogen-bond donors (Lipinski definition) is 0. The van der Waals surface area contributed by atoms with Gasteiger partial charge in [-0.15, -0.1) is 5.10 Å². The summed E-state index contributed by atoms with van der Waals surface area (Å²) < 4.78 is 6.78. The molecule has 1 heterocycles. The van der Waals surface area contributed by atoms with E-state index in [2.05, 4.69) is 10.3 Å². The molecule has 7 nitrogen and oxygen atoms in total. The van der Waals surface area contributed by atoms with Gasteiger partial charge in [-0.2, -0.15) is 0 Å². The van der Waals surface area contributed by atoms with E-state index >= 15 is 0 Å². The highest BCUT2D eigenvalue weighted by Gasteiger charge is 2.22. The Kier molecular flexibility index (Phi) is 4.44. The third kappa shape index (κ3) is 2.84. The Bertz CT molecular complexity index is 671. The van der Waals surface area contributed by atoms with Gasteiger partial charge in [0.05, 0.1) is 19.9 Å². The lowest BCUT2D eigenvalue weighted by Gasteiger charge is -2.12. The topological polar surface area (TPSA) is 69.5 Å². The Morgan fingerprint density at radius 2 is 2.10 bits per heavy atom. The summed E-state index contributed by atoms with van der Waals surface area (Å²) >= 11 is 6.01. The summed E-state index contributed by atoms with van der Waals surface area (Å²) in [6.07, 6.45) is 0. The second-order valence-electron chi connectivity index (χ2n) is 4.24. The minimum absolute atomic E-state index is 0.196. The van der Waals surface area contributed by atoms with Gasteiger partial charge in [-0.05, 0) is 25.1 Å². The van der Waals surface area contributed by atoms with Crippen molar-refractivity contribution in [2.75, 3.05) is 21.3 Å². The molecule has 0 saturated heterocycles. The molecular formula is C13H15ClN4O3. The number of benzene rings is 1. The van der Waals surface area contributed by atoms with E-state index in [9.17, 15) is 4.79 Å². The molecule has 21 heavy (non-hydrogen) atoms. The molecule has 0 aliphatic carbocycles. The van der Waals surface area contributed by atoms with E-state index in [-0.39, 0.29) is 11.6 Å². The number of rotatable bonds is 4. The third-order valence-corrected chi connectivity index (χ3v) is 3.26. The second-order valence-corrected chi connectivity index (χ2v) is 4.67. The second kappa shape index (κ2) is 6.11. The fourth-order valence-electron chi connectivity index (χ4n) is 1.82. The lowest BCUT2D eigenvalue weighted by molar-refractivity contribution is -0.0761. The van der Waals surface area contributed by atoms with Crippen molar-refractivity contribution >= 4 is 17.5 Å². The molecule has 0 atom stereocenters. The molecule has 0 radical (unpaired) electrons. The lowest BCUT2D eigenvalue weighted by Crippen LogP contribution is -2.26. The van der Waals surface area contributed by atoms with E-state index in [1.54, 1.807) is 32.2 Å². The van der Waals surface area contributed by atoms with Crippen LogP contribution < -0.4 is 4.74 Å². The van der Waals surface area contributed by atoms with Gasteiger partial charge in [0.2, 0.25) is 0 Å². The van der Waals surface area contributed by atoms with Crippen molar-refractivity contribution in [3.05, 3.63) is 34.6 Å². The van der Waals surface area contributed by atoms with Crippen molar-refractivity contribution in [1.82, 2.24) is 20.1 Å². The summed E-state index contributed by atoms with van der Waals surface area (Å²) in [7, 11) is 4.45. The Hall–Kier alpha value is -2.12. The van der Waals surface area contributed by atoms with E-state index in [0.717, 1.165) is 5.06 Å². The first-order chi connectivity index (χ1) is 9.99. The summed E-state index contributed by atoms with van der Waals surface area (Å²) in [5, 5.41) is 9.52. The monoisotopic (exact) mass is 310 g/mol. The largest absolute Gasteiger partial charge is 0.494 e. The van der Waals surface area contributed by atoms with Gasteiger partial charge >= 0.3 is 0 Å². The number of hydroxylamine groups is 2. The van der Waals surface area contributed by atoms with E-state index in [1.807, 2.05) is 0 Å². The van der Waals surface area contributed by atoms with Crippen LogP contribution in [0.5, 0.6) is 5.75 Å². The zero-order chi connectivity index (χ0) is 15.6. The van der Waals surface area contributed by atoms with Gasteiger partial charge < -0.3 is 4.74 Å². The van der Waals surface area contributed by atoms with E-state index in [4.69, 9.17) is 21.2 Å². The van der Waals surface area contributed by atoms with Crippen LogP contribution in [-0.4, -0.2) is 47.2 Å². The van der Waals surface area contributed by atoms with Gasteiger partial charge in [-0.25, -0.2) is 9.75 Å². The van der Waals surface area contributed by atoms with Crippen LogP contribution >= 0.6 is 11.6 Å². The smallest absolute Gasteiger partial charge is 0.299 e. The van der Waals surface area contributed by atoms with Crippen molar-refractivity contribution in [3.63, 3.8) is 0 Å². The molecule has 2 aromatic rings. The zero-order valence-corrected chi connectivity index (χ0v) is 12.9. The fourth-order valence-corrected chi connectivity index (χ4v) is 1.98. The molecule has 0 spiro atoms. The maximum atomic E-state index is 12.1. The zero-order valence-electron chi connectivity index (χ0n) is 12.1. The van der Waals surface area contributed by atoms with Crippen molar-refractivity contribution in [3.8, 4) is 11.4 Å². The van der Waals surface area contributed by atoms with Gasteiger partial charge in [0.1, 0.15) is 11.4 Å². The van der Waals surface area contributed by atoms with Crippen LogP contribution in [0.2, 0.25) is 5.02 Å². The Morgan fingerprint density at radius 1 is 1.38 bits per heavy atom. The molecule has 0 fully saturated rings. The van der Waals surface area contributed by atoms with Crippen LogP contribution in [-0.2, 0) is 4.84 Å². The molecule has 1 aromatic heterocycles. The molecule has 0 N–H and O–H groups in total. The van der Waals surface area contributed by atoms with Crippen LogP contribution in [0.25, 0.3) is 5.69 Å². The highest BCUT2D eigenvalue weighted by Crippen LogP contribution is 2.27. The average Bonchev–Trinajstić information content (AvgIpc) is 2.87. The number of nitrogens with zero attached hydrogens (tertiary/aromatic N) is 4. The van der Waals surface area contributed by atoms with E-state index in [0.29, 0.717) is 22.2 Å². The normalized spacial score (nSPS) is 10.5. The maximum absolute atomic E-state index is 12.1. The van der Waals surface area contributed by atoms with Gasteiger partial charge in [-0.3, -0.25) is 9.63 Å². The van der Waals surface area contributed by atoms with Crippen molar-refractivity contribution in [2.45, 2.75) is 6.92 Å². The van der Waals surface area contributed by atoms with E-state index < -0.39 is 0 Å². The van der Waals surface area contributed by atoms with Crippen molar-refractivity contribution in [1.29, 1.82) is 0 Å². The summed E-state index contributed by atoms with van der Waals surface area (Å²) in [5.74, 6) is 0.189. The van der Waals surface area contributed by atoms with Gasteiger partial charge in [0.25, 0.3) is 5.91 Å². The van der Waals surface area contributed by atoms with Crippen LogP contribution in [0.15, 0.2) is 18.2 Å². The van der Waals surface area contributed by atoms with Crippen molar-refractivity contribution < 1.29 is 14.4 Å². The summed E-state index contributed by atoms with van der Waals surface area (Å²) in [4.78, 5) is 17.0. The molecule has 0 bridgehead atoms. The number of carbonyl (C=O) groups is 1. The SMILES string of the molecule is COc1ccc(Cl)cc1-n1nnc(C(=O)N(C)OC)c1C. The average molecular weight is 311 g/mol.